The van der Waals surface area contributed by atoms with E-state index in [2.05, 4.69) is 18.7 Å². The Hall–Kier alpha value is -1.68. The molecule has 1 aromatic rings. The van der Waals surface area contributed by atoms with Crippen LogP contribution in [0.15, 0.2) is 60.0 Å². The van der Waals surface area contributed by atoms with E-state index in [1.54, 1.807) is 36.4 Å². The van der Waals surface area contributed by atoms with Gasteiger partial charge in [-0.25, -0.2) is 8.42 Å². The normalized spacial score (nSPS) is 34.4. The molecule has 3 aliphatic rings. The number of Topliss-reactive ketones (excluding diaryl/α,β-unsaturated/α-hetero) is 1. The van der Waals surface area contributed by atoms with E-state index in [0.29, 0.717) is 11.8 Å². The first-order valence-corrected chi connectivity index (χ1v) is 10.2. The third kappa shape index (κ3) is 1.95. The molecule has 0 saturated heterocycles. The van der Waals surface area contributed by atoms with E-state index in [1.165, 1.54) is 0 Å². The van der Waals surface area contributed by atoms with Crippen molar-refractivity contribution in [1.82, 2.24) is 0 Å². The standard InChI is InChI=1S/C20H22O3S/c1-2-6-18(24(22,23)16-7-4-3-5-8-16)19(21)20-12-11-17(20)14-9-10-15(20)13-14/h2-5,7-10,14-15,17-18H,1,6,11-13H2. The third-order valence-corrected chi connectivity index (χ3v) is 8.49. The minimum Gasteiger partial charge on any atom is -0.298 e. The van der Waals surface area contributed by atoms with Gasteiger partial charge >= 0.3 is 0 Å². The number of carbonyl (C=O) groups is 1. The second-order valence-corrected chi connectivity index (χ2v) is 9.44. The second kappa shape index (κ2) is 5.41. The molecule has 126 valence electrons. The molecule has 3 aliphatic carbocycles. The topological polar surface area (TPSA) is 51.2 Å². The fourth-order valence-corrected chi connectivity index (χ4v) is 6.93. The Kier molecular flexibility index (Phi) is 3.57. The highest BCUT2D eigenvalue weighted by Gasteiger charge is 2.66. The minimum absolute atomic E-state index is 0.0700. The summed E-state index contributed by atoms with van der Waals surface area (Å²) >= 11 is 0. The Bertz CT molecular complexity index is 809. The van der Waals surface area contributed by atoms with Crippen molar-refractivity contribution in [1.29, 1.82) is 0 Å². The molecule has 3 nitrogen and oxygen atoms in total. The first kappa shape index (κ1) is 15.8. The van der Waals surface area contributed by atoms with Gasteiger partial charge in [0.05, 0.1) is 4.90 Å². The molecule has 2 saturated carbocycles. The van der Waals surface area contributed by atoms with Crippen molar-refractivity contribution < 1.29 is 13.2 Å². The fourth-order valence-electron chi connectivity index (χ4n) is 5.17. The first-order chi connectivity index (χ1) is 11.5. The summed E-state index contributed by atoms with van der Waals surface area (Å²) in [7, 11) is -3.69. The molecular formula is C20H22O3S. The van der Waals surface area contributed by atoms with Crippen LogP contribution < -0.4 is 0 Å². The highest BCUT2D eigenvalue weighted by Crippen LogP contribution is 2.67. The number of ketones is 1. The SMILES string of the molecule is C=CCC(C(=O)C12CCC1C1C=CC2C1)S(=O)(=O)c1ccccc1. The van der Waals surface area contributed by atoms with E-state index in [-0.39, 0.29) is 23.0 Å². The van der Waals surface area contributed by atoms with Gasteiger partial charge in [0.15, 0.2) is 15.6 Å². The van der Waals surface area contributed by atoms with Crippen LogP contribution in [0.1, 0.15) is 25.7 Å². The van der Waals surface area contributed by atoms with Crippen molar-refractivity contribution in [2.45, 2.75) is 35.8 Å². The Morgan fingerprint density at radius 2 is 2.04 bits per heavy atom. The van der Waals surface area contributed by atoms with Gasteiger partial charge < -0.3 is 0 Å². The van der Waals surface area contributed by atoms with Crippen molar-refractivity contribution in [3.05, 3.63) is 55.1 Å². The number of hydrogen-bond donors (Lipinski definition) is 0. The van der Waals surface area contributed by atoms with Gasteiger partial charge in [-0.05, 0) is 55.6 Å². The highest BCUT2D eigenvalue weighted by molar-refractivity contribution is 7.92. The molecule has 4 rings (SSSR count). The molecule has 0 heterocycles. The van der Waals surface area contributed by atoms with Crippen molar-refractivity contribution in [3.63, 3.8) is 0 Å². The number of carbonyl (C=O) groups excluding carboxylic acids is 1. The van der Waals surface area contributed by atoms with Crippen LogP contribution in [0.2, 0.25) is 0 Å². The van der Waals surface area contributed by atoms with Crippen LogP contribution in [-0.2, 0) is 14.6 Å². The lowest BCUT2D eigenvalue weighted by atomic mass is 9.53. The molecule has 0 amide bonds. The maximum atomic E-state index is 13.5. The number of sulfone groups is 1. The van der Waals surface area contributed by atoms with Crippen molar-refractivity contribution in [3.8, 4) is 0 Å². The van der Waals surface area contributed by atoms with Gasteiger partial charge in [0, 0.05) is 5.41 Å². The molecule has 0 N–H and O–H groups in total. The van der Waals surface area contributed by atoms with Crippen LogP contribution in [-0.4, -0.2) is 19.5 Å². The summed E-state index contributed by atoms with van der Waals surface area (Å²) in [6, 6.07) is 8.34. The summed E-state index contributed by atoms with van der Waals surface area (Å²) < 4.78 is 26.2. The van der Waals surface area contributed by atoms with E-state index in [0.717, 1.165) is 19.3 Å². The molecule has 0 spiro atoms. The van der Waals surface area contributed by atoms with Gasteiger partial charge in [-0.15, -0.1) is 6.58 Å². The zero-order chi connectivity index (χ0) is 16.9. The zero-order valence-corrected chi connectivity index (χ0v) is 14.4. The molecule has 0 aliphatic heterocycles. The highest BCUT2D eigenvalue weighted by atomic mass is 32.2. The predicted octanol–water partition coefficient (Wildman–Crippen LogP) is 3.58. The van der Waals surface area contributed by atoms with Gasteiger partial charge in [-0.1, -0.05) is 36.4 Å². The quantitative estimate of drug-likeness (QED) is 0.743. The van der Waals surface area contributed by atoms with Crippen LogP contribution in [0.25, 0.3) is 0 Å². The number of allylic oxidation sites excluding steroid dienone is 3. The van der Waals surface area contributed by atoms with Gasteiger partial charge in [0.25, 0.3) is 0 Å². The summed E-state index contributed by atoms with van der Waals surface area (Å²) in [5, 5.41) is -1.01. The average Bonchev–Trinajstić information content (AvgIpc) is 3.08. The average molecular weight is 342 g/mol. The molecule has 4 heteroatoms. The van der Waals surface area contributed by atoms with Crippen molar-refractivity contribution >= 4 is 15.6 Å². The third-order valence-electron chi connectivity index (χ3n) is 6.40. The number of benzene rings is 1. The smallest absolute Gasteiger partial charge is 0.188 e. The second-order valence-electron chi connectivity index (χ2n) is 7.31. The summed E-state index contributed by atoms with van der Waals surface area (Å²) in [6.45, 7) is 3.69. The molecule has 2 bridgehead atoms. The summed E-state index contributed by atoms with van der Waals surface area (Å²) in [5.74, 6) is 0.973. The molecule has 24 heavy (non-hydrogen) atoms. The number of hydrogen-bond acceptors (Lipinski definition) is 3. The van der Waals surface area contributed by atoms with E-state index in [9.17, 15) is 13.2 Å². The van der Waals surface area contributed by atoms with E-state index < -0.39 is 20.5 Å². The fraction of sp³-hybridized carbons (Fsp3) is 0.450. The first-order valence-electron chi connectivity index (χ1n) is 8.64. The predicted molar refractivity (Wildman–Crippen MR) is 93.1 cm³/mol. The summed E-state index contributed by atoms with van der Waals surface area (Å²) in [4.78, 5) is 13.7. The Labute approximate surface area is 143 Å². The number of rotatable bonds is 6. The van der Waals surface area contributed by atoms with Crippen LogP contribution in [0, 0.1) is 23.2 Å². The molecule has 1 aromatic carbocycles. The molecule has 5 atom stereocenters. The van der Waals surface area contributed by atoms with Crippen LogP contribution in [0.4, 0.5) is 0 Å². The monoisotopic (exact) mass is 342 g/mol. The summed E-state index contributed by atoms with van der Waals surface area (Å²) in [5.41, 5.74) is -0.436. The van der Waals surface area contributed by atoms with Gasteiger partial charge in [0.1, 0.15) is 5.25 Å². The molecule has 2 fully saturated rings. The van der Waals surface area contributed by atoms with Gasteiger partial charge in [-0.2, -0.15) is 0 Å². The van der Waals surface area contributed by atoms with E-state index in [4.69, 9.17) is 0 Å². The maximum Gasteiger partial charge on any atom is 0.188 e. The lowest BCUT2D eigenvalue weighted by molar-refractivity contribution is -0.140. The Balaban J connectivity index is 1.73. The van der Waals surface area contributed by atoms with Crippen LogP contribution in [0.3, 0.4) is 0 Å². The van der Waals surface area contributed by atoms with Crippen molar-refractivity contribution in [2.24, 2.45) is 23.2 Å². The molecular weight excluding hydrogens is 320 g/mol. The van der Waals surface area contributed by atoms with Crippen molar-refractivity contribution in [2.75, 3.05) is 0 Å². The Morgan fingerprint density at radius 1 is 1.29 bits per heavy atom. The molecule has 0 aromatic heterocycles. The van der Waals surface area contributed by atoms with Gasteiger partial charge in [0.2, 0.25) is 0 Å². The minimum atomic E-state index is -3.69. The maximum absolute atomic E-state index is 13.5. The summed E-state index contributed by atoms with van der Waals surface area (Å²) in [6.07, 6.45) is 9.03. The Morgan fingerprint density at radius 3 is 2.62 bits per heavy atom. The van der Waals surface area contributed by atoms with E-state index in [1.807, 2.05) is 0 Å². The molecule has 0 radical (unpaired) electrons. The zero-order valence-electron chi connectivity index (χ0n) is 13.6. The van der Waals surface area contributed by atoms with Crippen LogP contribution >= 0.6 is 0 Å². The largest absolute Gasteiger partial charge is 0.298 e. The van der Waals surface area contributed by atoms with E-state index >= 15 is 0 Å². The number of fused-ring (bicyclic) bond motifs is 5. The molecule has 5 unspecified atom stereocenters. The van der Waals surface area contributed by atoms with Gasteiger partial charge in [-0.3, -0.25) is 4.79 Å². The lowest BCUT2D eigenvalue weighted by Crippen LogP contribution is -2.54. The lowest BCUT2D eigenvalue weighted by Gasteiger charge is -2.50. The van der Waals surface area contributed by atoms with Crippen LogP contribution in [0.5, 0.6) is 0 Å².